The first-order valence-corrected chi connectivity index (χ1v) is 9.21. The van der Waals surface area contributed by atoms with E-state index in [9.17, 15) is 9.59 Å². The summed E-state index contributed by atoms with van der Waals surface area (Å²) < 4.78 is 8.05. The minimum atomic E-state index is -0.399. The number of hydrogen-bond donors (Lipinski definition) is 0. The van der Waals surface area contributed by atoms with Crippen LogP contribution in [0.4, 0.5) is 0 Å². The molecule has 7 nitrogen and oxygen atoms in total. The van der Waals surface area contributed by atoms with Crippen molar-refractivity contribution in [3.05, 3.63) is 58.2 Å². The molecule has 1 saturated heterocycles. The summed E-state index contributed by atoms with van der Waals surface area (Å²) in [6, 6.07) is 10.4. The van der Waals surface area contributed by atoms with E-state index in [0.29, 0.717) is 22.3 Å². The van der Waals surface area contributed by atoms with Crippen molar-refractivity contribution in [1.82, 2.24) is 19.2 Å². The van der Waals surface area contributed by atoms with Crippen molar-refractivity contribution in [3.63, 3.8) is 0 Å². The van der Waals surface area contributed by atoms with Gasteiger partial charge < -0.3 is 9.32 Å². The van der Waals surface area contributed by atoms with Gasteiger partial charge in [-0.25, -0.2) is 4.79 Å². The lowest BCUT2D eigenvalue weighted by molar-refractivity contribution is -0.132. The summed E-state index contributed by atoms with van der Waals surface area (Å²) in [5.41, 5.74) is 0.168. The molecule has 0 unspecified atom stereocenters. The van der Waals surface area contributed by atoms with E-state index in [2.05, 4.69) is 5.10 Å². The van der Waals surface area contributed by atoms with Gasteiger partial charge in [-0.15, -0.1) is 5.10 Å². The molecule has 4 rings (SSSR count). The number of benzene rings is 1. The molecular formula is C19H19ClN4O3. The topological polar surface area (TPSA) is 73.3 Å². The molecular weight excluding hydrogens is 368 g/mol. The Hall–Kier alpha value is -2.80. The van der Waals surface area contributed by atoms with Crippen molar-refractivity contribution in [1.29, 1.82) is 0 Å². The number of aromatic nitrogens is 3. The molecule has 0 radical (unpaired) electrons. The highest BCUT2D eigenvalue weighted by molar-refractivity contribution is 6.30. The van der Waals surface area contributed by atoms with Gasteiger partial charge in [-0.3, -0.25) is 9.36 Å². The van der Waals surface area contributed by atoms with Crippen LogP contribution in [0.25, 0.3) is 17.3 Å². The van der Waals surface area contributed by atoms with Crippen LogP contribution in [0.1, 0.15) is 19.8 Å². The van der Waals surface area contributed by atoms with Crippen LogP contribution in [0, 0.1) is 0 Å². The second-order valence-corrected chi connectivity index (χ2v) is 7.07. The monoisotopic (exact) mass is 386 g/mol. The number of hydrogen-bond acceptors (Lipinski definition) is 4. The molecule has 1 aliphatic rings. The van der Waals surface area contributed by atoms with Crippen molar-refractivity contribution in [2.75, 3.05) is 6.54 Å². The fourth-order valence-electron chi connectivity index (χ4n) is 3.41. The third-order valence-corrected chi connectivity index (χ3v) is 5.09. The lowest BCUT2D eigenvalue weighted by atomic mass is 10.2. The third-order valence-electron chi connectivity index (χ3n) is 4.84. The van der Waals surface area contributed by atoms with Gasteiger partial charge >= 0.3 is 5.69 Å². The maximum atomic E-state index is 13.0. The number of carbonyl (C=O) groups is 1. The summed E-state index contributed by atoms with van der Waals surface area (Å²) >= 11 is 5.93. The van der Waals surface area contributed by atoms with Crippen LogP contribution < -0.4 is 5.69 Å². The summed E-state index contributed by atoms with van der Waals surface area (Å²) in [6.07, 6.45) is 3.47. The van der Waals surface area contributed by atoms with Crippen LogP contribution >= 0.6 is 11.6 Å². The maximum Gasteiger partial charge on any atom is 0.351 e. The summed E-state index contributed by atoms with van der Waals surface area (Å²) in [7, 11) is 0. The highest BCUT2D eigenvalue weighted by Crippen LogP contribution is 2.20. The van der Waals surface area contributed by atoms with E-state index >= 15 is 0 Å². The number of halogens is 1. The van der Waals surface area contributed by atoms with Gasteiger partial charge in [0.25, 0.3) is 0 Å². The van der Waals surface area contributed by atoms with Crippen LogP contribution in [0.5, 0.6) is 0 Å². The Balaban J connectivity index is 1.76. The van der Waals surface area contributed by atoms with Crippen molar-refractivity contribution < 1.29 is 9.21 Å². The summed E-state index contributed by atoms with van der Waals surface area (Å²) in [4.78, 5) is 27.6. The molecule has 0 aliphatic carbocycles. The van der Waals surface area contributed by atoms with Gasteiger partial charge in [0.1, 0.15) is 6.54 Å². The number of amides is 1. The summed E-state index contributed by atoms with van der Waals surface area (Å²) in [5, 5.41) is 4.98. The first kappa shape index (κ1) is 17.6. The molecule has 0 N–H and O–H groups in total. The van der Waals surface area contributed by atoms with Crippen LogP contribution in [0.2, 0.25) is 5.02 Å². The predicted octanol–water partition coefficient (Wildman–Crippen LogP) is 2.96. The van der Waals surface area contributed by atoms with Crippen LogP contribution in [0.3, 0.4) is 0 Å². The van der Waals surface area contributed by atoms with Gasteiger partial charge in [-0.1, -0.05) is 11.6 Å². The zero-order chi connectivity index (χ0) is 19.0. The van der Waals surface area contributed by atoms with Crippen molar-refractivity contribution in [2.45, 2.75) is 32.4 Å². The molecule has 3 heterocycles. The van der Waals surface area contributed by atoms with E-state index in [1.54, 1.807) is 36.4 Å². The Labute approximate surface area is 160 Å². The molecule has 1 amide bonds. The van der Waals surface area contributed by atoms with Crippen LogP contribution in [-0.2, 0) is 11.3 Å². The van der Waals surface area contributed by atoms with Crippen molar-refractivity contribution in [3.8, 4) is 17.3 Å². The van der Waals surface area contributed by atoms with Crippen LogP contribution in [-0.4, -0.2) is 37.7 Å². The molecule has 2 aromatic heterocycles. The zero-order valence-corrected chi connectivity index (χ0v) is 15.6. The standard InChI is InChI=1S/C19H19ClN4O3/c1-13-4-2-10-22(13)17(25)12-23-18(16-5-3-11-27-16)21-24(19(23)26)15-8-6-14(20)7-9-15/h3,5-9,11,13H,2,4,10,12H2,1H3/t13-/m0/s1. The largest absolute Gasteiger partial charge is 0.461 e. The highest BCUT2D eigenvalue weighted by atomic mass is 35.5. The van der Waals surface area contributed by atoms with Gasteiger partial charge in [-0.2, -0.15) is 4.68 Å². The first-order chi connectivity index (χ1) is 13.0. The first-order valence-electron chi connectivity index (χ1n) is 8.84. The average Bonchev–Trinajstić information content (AvgIpc) is 3.38. The second kappa shape index (κ2) is 7.08. The van der Waals surface area contributed by atoms with E-state index < -0.39 is 5.69 Å². The maximum absolute atomic E-state index is 13.0. The van der Waals surface area contributed by atoms with E-state index in [1.165, 1.54) is 15.5 Å². The minimum Gasteiger partial charge on any atom is -0.461 e. The second-order valence-electron chi connectivity index (χ2n) is 6.64. The molecule has 1 aromatic carbocycles. The molecule has 27 heavy (non-hydrogen) atoms. The number of furan rings is 1. The van der Waals surface area contributed by atoms with Gasteiger partial charge in [0.05, 0.1) is 12.0 Å². The molecule has 1 fully saturated rings. The predicted molar refractivity (Wildman–Crippen MR) is 101 cm³/mol. The van der Waals surface area contributed by atoms with E-state index in [0.717, 1.165) is 19.4 Å². The Morgan fingerprint density at radius 2 is 2.07 bits per heavy atom. The van der Waals surface area contributed by atoms with Crippen molar-refractivity contribution in [2.24, 2.45) is 0 Å². The number of nitrogens with zero attached hydrogens (tertiary/aromatic N) is 4. The molecule has 140 valence electrons. The van der Waals surface area contributed by atoms with E-state index in [1.807, 2.05) is 11.8 Å². The Morgan fingerprint density at radius 1 is 1.30 bits per heavy atom. The highest BCUT2D eigenvalue weighted by Gasteiger charge is 2.27. The molecule has 0 bridgehead atoms. The minimum absolute atomic E-state index is 0.0766. The lowest BCUT2D eigenvalue weighted by Gasteiger charge is -2.21. The SMILES string of the molecule is C[C@H]1CCCN1C(=O)Cn1c(-c2ccco2)nn(-c2ccc(Cl)cc2)c1=O. The van der Waals surface area contributed by atoms with E-state index in [4.69, 9.17) is 16.0 Å². The molecule has 1 atom stereocenters. The van der Waals surface area contributed by atoms with Crippen LogP contribution in [0.15, 0.2) is 51.9 Å². The normalized spacial score (nSPS) is 16.8. The lowest BCUT2D eigenvalue weighted by Crippen LogP contribution is -2.38. The van der Waals surface area contributed by atoms with Gasteiger partial charge in [0, 0.05) is 17.6 Å². The van der Waals surface area contributed by atoms with Gasteiger partial charge in [0.15, 0.2) is 5.76 Å². The average molecular weight is 387 g/mol. The Kier molecular flexibility index (Phi) is 4.61. The smallest absolute Gasteiger partial charge is 0.351 e. The molecule has 8 heteroatoms. The number of carbonyl (C=O) groups excluding carboxylic acids is 1. The zero-order valence-electron chi connectivity index (χ0n) is 14.8. The third kappa shape index (κ3) is 3.30. The number of likely N-dealkylation sites (tertiary alicyclic amines) is 1. The fraction of sp³-hybridized carbons (Fsp3) is 0.316. The molecule has 0 saturated carbocycles. The quantitative estimate of drug-likeness (QED) is 0.691. The Bertz CT molecular complexity index is 1000. The van der Waals surface area contributed by atoms with Gasteiger partial charge in [0.2, 0.25) is 11.7 Å². The summed E-state index contributed by atoms with van der Waals surface area (Å²) in [5.74, 6) is 0.660. The number of rotatable bonds is 4. The Morgan fingerprint density at radius 3 is 2.70 bits per heavy atom. The van der Waals surface area contributed by atoms with Crippen molar-refractivity contribution >= 4 is 17.5 Å². The summed E-state index contributed by atoms with van der Waals surface area (Å²) in [6.45, 7) is 2.67. The molecule has 3 aromatic rings. The molecule has 1 aliphatic heterocycles. The van der Waals surface area contributed by atoms with E-state index in [-0.39, 0.29) is 18.5 Å². The fourth-order valence-corrected chi connectivity index (χ4v) is 3.53. The molecule has 0 spiro atoms. The van der Waals surface area contributed by atoms with Gasteiger partial charge in [-0.05, 0) is 56.2 Å².